The van der Waals surface area contributed by atoms with Crippen LogP contribution in [0.5, 0.6) is 5.75 Å². The average Bonchev–Trinajstić information content (AvgIpc) is 2.96. The Bertz CT molecular complexity index is 1410. The first-order valence-corrected chi connectivity index (χ1v) is 13.6. The quantitative estimate of drug-likeness (QED) is 0.204. The van der Waals surface area contributed by atoms with Crippen LogP contribution in [0, 0.1) is 0 Å². The van der Waals surface area contributed by atoms with E-state index < -0.39 is 0 Å². The van der Waals surface area contributed by atoms with Gasteiger partial charge in [0.15, 0.2) is 0 Å². The third kappa shape index (κ3) is 5.96. The Morgan fingerprint density at radius 2 is 1.66 bits per heavy atom. The molecule has 1 aromatic heterocycles. The highest BCUT2D eigenvalue weighted by Gasteiger charge is 2.29. The van der Waals surface area contributed by atoms with E-state index in [4.69, 9.17) is 9.72 Å². The Labute approximate surface area is 224 Å². The van der Waals surface area contributed by atoms with Crippen LogP contribution < -0.4 is 10.3 Å². The van der Waals surface area contributed by atoms with E-state index in [1.807, 2.05) is 72.5 Å². The fourth-order valence-electron chi connectivity index (χ4n) is 4.98. The molecule has 1 heterocycles. The number of carbonyl (C=O) groups excluding carboxylic acids is 1. The highest BCUT2D eigenvalue weighted by Crippen LogP contribution is 2.30. The van der Waals surface area contributed by atoms with E-state index in [9.17, 15) is 9.59 Å². The van der Waals surface area contributed by atoms with Crippen LogP contribution in [0.1, 0.15) is 63.4 Å². The number of carbonyl (C=O) groups is 1. The maximum atomic E-state index is 14.0. The summed E-state index contributed by atoms with van der Waals surface area (Å²) in [5, 5.41) is 0.530. The molecule has 0 aliphatic heterocycles. The Hall–Kier alpha value is -3.93. The minimum atomic E-state index is -0.380. The number of para-hydroxylation sites is 3. The molecule has 0 saturated carbocycles. The van der Waals surface area contributed by atoms with E-state index in [1.54, 1.807) is 17.7 Å². The predicted octanol–water partition coefficient (Wildman–Crippen LogP) is 6.50. The first kappa shape index (κ1) is 27.1. The number of benzene rings is 3. The standard InChI is InChI=1S/C32H37N3O3/c1-4-6-8-21-30(36)34(23-22-24-15-9-7-10-16-24)27(5-2)31-33-26-18-12-11-17-25(26)32(37)35(31)28-19-13-14-20-29(28)38-3/h7,9-20,27H,4-6,8,21-23H2,1-3H3. The van der Waals surface area contributed by atoms with Gasteiger partial charge < -0.3 is 9.64 Å². The van der Waals surface area contributed by atoms with E-state index in [2.05, 4.69) is 19.1 Å². The maximum absolute atomic E-state index is 14.0. The van der Waals surface area contributed by atoms with Gasteiger partial charge in [-0.25, -0.2) is 4.98 Å². The summed E-state index contributed by atoms with van der Waals surface area (Å²) in [6.45, 7) is 4.73. The molecule has 0 saturated heterocycles. The number of nitrogens with zero attached hydrogens (tertiary/aromatic N) is 3. The highest BCUT2D eigenvalue weighted by atomic mass is 16.5. The number of aromatic nitrogens is 2. The van der Waals surface area contributed by atoms with Crippen LogP contribution in [0.4, 0.5) is 0 Å². The summed E-state index contributed by atoms with van der Waals surface area (Å²) in [6.07, 6.45) is 4.73. The molecule has 0 aliphatic carbocycles. The third-order valence-corrected chi connectivity index (χ3v) is 6.99. The number of ether oxygens (including phenoxy) is 1. The molecule has 0 radical (unpaired) electrons. The van der Waals surface area contributed by atoms with Gasteiger partial charge in [-0.2, -0.15) is 0 Å². The molecule has 4 aromatic rings. The average molecular weight is 512 g/mol. The van der Waals surface area contributed by atoms with E-state index in [-0.39, 0.29) is 17.5 Å². The smallest absolute Gasteiger partial charge is 0.266 e. The molecule has 1 atom stereocenters. The predicted molar refractivity (Wildman–Crippen MR) is 153 cm³/mol. The second kappa shape index (κ2) is 13.0. The van der Waals surface area contributed by atoms with Crippen LogP contribution in [-0.4, -0.2) is 34.0 Å². The molecular weight excluding hydrogens is 474 g/mol. The summed E-state index contributed by atoms with van der Waals surface area (Å²) in [6, 6.07) is 24.7. The van der Waals surface area contributed by atoms with E-state index in [0.717, 1.165) is 25.7 Å². The van der Waals surface area contributed by atoms with Gasteiger partial charge in [-0.3, -0.25) is 14.2 Å². The van der Waals surface area contributed by atoms with Crippen LogP contribution in [0.15, 0.2) is 83.7 Å². The first-order valence-electron chi connectivity index (χ1n) is 13.6. The molecule has 0 bridgehead atoms. The van der Waals surface area contributed by atoms with Crippen molar-refractivity contribution >= 4 is 16.8 Å². The number of amides is 1. The van der Waals surface area contributed by atoms with E-state index in [1.165, 1.54) is 5.56 Å². The van der Waals surface area contributed by atoms with Gasteiger partial charge in [-0.1, -0.05) is 81.3 Å². The van der Waals surface area contributed by atoms with E-state index in [0.29, 0.717) is 47.6 Å². The van der Waals surface area contributed by atoms with Crippen LogP contribution in [-0.2, 0) is 11.2 Å². The summed E-state index contributed by atoms with van der Waals surface area (Å²) in [4.78, 5) is 34.7. The summed E-state index contributed by atoms with van der Waals surface area (Å²) >= 11 is 0. The highest BCUT2D eigenvalue weighted by molar-refractivity contribution is 5.79. The third-order valence-electron chi connectivity index (χ3n) is 6.99. The number of methoxy groups -OCH3 is 1. The normalized spacial score (nSPS) is 11.9. The van der Waals surface area contributed by atoms with Crippen molar-refractivity contribution in [3.05, 3.63) is 101 Å². The Morgan fingerprint density at radius 3 is 2.39 bits per heavy atom. The summed E-state index contributed by atoms with van der Waals surface area (Å²) in [7, 11) is 1.60. The zero-order chi connectivity index (χ0) is 26.9. The molecule has 0 fully saturated rings. The van der Waals surface area contributed by atoms with Crippen molar-refractivity contribution in [1.29, 1.82) is 0 Å². The van der Waals surface area contributed by atoms with Crippen molar-refractivity contribution in [3.8, 4) is 11.4 Å². The minimum Gasteiger partial charge on any atom is -0.495 e. The van der Waals surface area contributed by atoms with Crippen LogP contribution in [0.2, 0.25) is 0 Å². The maximum Gasteiger partial charge on any atom is 0.266 e. The molecule has 6 heteroatoms. The second-order valence-corrected chi connectivity index (χ2v) is 9.50. The van der Waals surface area contributed by atoms with Crippen LogP contribution in [0.25, 0.3) is 16.6 Å². The largest absolute Gasteiger partial charge is 0.495 e. The number of hydrogen-bond acceptors (Lipinski definition) is 4. The van der Waals surface area contributed by atoms with Crippen molar-refractivity contribution in [2.75, 3.05) is 13.7 Å². The van der Waals surface area contributed by atoms with Gasteiger partial charge in [0.05, 0.1) is 29.7 Å². The molecular formula is C32H37N3O3. The molecule has 3 aromatic carbocycles. The number of fused-ring (bicyclic) bond motifs is 1. The minimum absolute atomic E-state index is 0.0928. The van der Waals surface area contributed by atoms with Gasteiger partial charge in [-0.15, -0.1) is 0 Å². The summed E-state index contributed by atoms with van der Waals surface area (Å²) in [5.74, 6) is 1.22. The van der Waals surface area contributed by atoms with Crippen molar-refractivity contribution in [2.24, 2.45) is 0 Å². The number of unbranched alkanes of at least 4 members (excludes halogenated alkanes) is 2. The lowest BCUT2D eigenvalue weighted by Crippen LogP contribution is -2.39. The van der Waals surface area contributed by atoms with Gasteiger partial charge in [-0.05, 0) is 49.1 Å². The SMILES string of the molecule is CCCCCC(=O)N(CCc1ccccc1)C(CC)c1nc2ccccc2c(=O)n1-c1ccccc1OC. The summed E-state index contributed by atoms with van der Waals surface area (Å²) < 4.78 is 7.29. The molecule has 1 unspecified atom stereocenters. The zero-order valence-corrected chi connectivity index (χ0v) is 22.6. The Kier molecular flexibility index (Phi) is 9.30. The first-order chi connectivity index (χ1) is 18.6. The van der Waals surface area contributed by atoms with Gasteiger partial charge in [0.25, 0.3) is 5.56 Å². The summed E-state index contributed by atoms with van der Waals surface area (Å²) in [5.41, 5.74) is 2.24. The fraction of sp³-hybridized carbons (Fsp3) is 0.344. The molecule has 198 valence electrons. The molecule has 1 amide bonds. The van der Waals surface area contributed by atoms with Crippen molar-refractivity contribution in [1.82, 2.24) is 14.5 Å². The fourth-order valence-corrected chi connectivity index (χ4v) is 4.98. The lowest BCUT2D eigenvalue weighted by Gasteiger charge is -2.33. The number of hydrogen-bond donors (Lipinski definition) is 0. The molecule has 0 spiro atoms. The van der Waals surface area contributed by atoms with E-state index >= 15 is 0 Å². The zero-order valence-electron chi connectivity index (χ0n) is 22.6. The molecule has 38 heavy (non-hydrogen) atoms. The van der Waals surface area contributed by atoms with Crippen molar-refractivity contribution in [3.63, 3.8) is 0 Å². The molecule has 0 N–H and O–H groups in total. The van der Waals surface area contributed by atoms with Gasteiger partial charge in [0.1, 0.15) is 11.6 Å². The van der Waals surface area contributed by atoms with Crippen molar-refractivity contribution < 1.29 is 9.53 Å². The van der Waals surface area contributed by atoms with Gasteiger partial charge in [0, 0.05) is 13.0 Å². The molecule has 4 rings (SSSR count). The Balaban J connectivity index is 1.87. The second-order valence-electron chi connectivity index (χ2n) is 9.50. The number of rotatable bonds is 12. The lowest BCUT2D eigenvalue weighted by atomic mass is 10.1. The monoisotopic (exact) mass is 511 g/mol. The van der Waals surface area contributed by atoms with Crippen molar-refractivity contribution in [2.45, 2.75) is 58.4 Å². The lowest BCUT2D eigenvalue weighted by molar-refractivity contribution is -0.134. The van der Waals surface area contributed by atoms with Crippen LogP contribution >= 0.6 is 0 Å². The van der Waals surface area contributed by atoms with Gasteiger partial charge in [0.2, 0.25) is 5.91 Å². The molecule has 0 aliphatic rings. The van der Waals surface area contributed by atoms with Gasteiger partial charge >= 0.3 is 0 Å². The molecule has 6 nitrogen and oxygen atoms in total. The Morgan fingerprint density at radius 1 is 0.947 bits per heavy atom. The topological polar surface area (TPSA) is 64.4 Å². The van der Waals surface area contributed by atoms with Crippen LogP contribution in [0.3, 0.4) is 0 Å².